The molecule has 3 aromatic rings. The van der Waals surface area contributed by atoms with Gasteiger partial charge in [0.05, 0.1) is 6.61 Å². The fraction of sp³-hybridized carbons (Fsp3) is 0.160. The van der Waals surface area contributed by atoms with Crippen molar-refractivity contribution in [3.05, 3.63) is 90.0 Å². The maximum absolute atomic E-state index is 12.3. The van der Waals surface area contributed by atoms with Gasteiger partial charge >= 0.3 is 0 Å². The lowest BCUT2D eigenvalue weighted by Gasteiger charge is -2.15. The number of anilines is 1. The van der Waals surface area contributed by atoms with E-state index in [4.69, 9.17) is 9.47 Å². The third kappa shape index (κ3) is 6.83. The quantitative estimate of drug-likeness (QED) is 0.458. The van der Waals surface area contributed by atoms with Crippen LogP contribution < -0.4 is 25.6 Å². The summed E-state index contributed by atoms with van der Waals surface area (Å²) in [6.07, 6.45) is -0.834. The molecule has 3 amide bonds. The largest absolute Gasteiger partial charge is 0.494 e. The summed E-state index contributed by atoms with van der Waals surface area (Å²) >= 11 is 0. The normalized spacial score (nSPS) is 11.1. The monoisotopic (exact) mass is 447 g/mol. The number of rotatable bonds is 8. The number of carbonyl (C=O) groups is 3. The minimum absolute atomic E-state index is 0.249. The first-order valence-corrected chi connectivity index (χ1v) is 10.4. The molecule has 8 nitrogen and oxygen atoms in total. The molecule has 0 aliphatic rings. The van der Waals surface area contributed by atoms with Gasteiger partial charge in [-0.25, -0.2) is 0 Å². The Morgan fingerprint density at radius 3 is 2.00 bits per heavy atom. The lowest BCUT2D eigenvalue weighted by Crippen LogP contribution is -2.47. The molecule has 0 spiro atoms. The fourth-order valence-corrected chi connectivity index (χ4v) is 2.83. The van der Waals surface area contributed by atoms with Crippen LogP contribution in [0.4, 0.5) is 5.69 Å². The summed E-state index contributed by atoms with van der Waals surface area (Å²) < 4.78 is 10.9. The molecule has 1 atom stereocenters. The van der Waals surface area contributed by atoms with Crippen molar-refractivity contribution in [2.24, 2.45) is 0 Å². The number of benzene rings is 3. The molecular formula is C25H25N3O5. The maximum atomic E-state index is 12.3. The van der Waals surface area contributed by atoms with Crippen molar-refractivity contribution in [1.29, 1.82) is 0 Å². The Kier molecular flexibility index (Phi) is 8.02. The third-order valence-corrected chi connectivity index (χ3v) is 4.56. The van der Waals surface area contributed by atoms with Gasteiger partial charge in [-0.15, -0.1) is 0 Å². The second kappa shape index (κ2) is 11.3. The Bertz CT molecular complexity index is 1080. The molecule has 0 aromatic heterocycles. The summed E-state index contributed by atoms with van der Waals surface area (Å²) in [4.78, 5) is 36.8. The Hall–Kier alpha value is -4.33. The van der Waals surface area contributed by atoms with E-state index in [9.17, 15) is 14.4 Å². The average Bonchev–Trinajstić information content (AvgIpc) is 2.84. The van der Waals surface area contributed by atoms with Crippen LogP contribution in [0.25, 0.3) is 0 Å². The van der Waals surface area contributed by atoms with Gasteiger partial charge in [-0.05, 0) is 74.5 Å². The molecule has 170 valence electrons. The summed E-state index contributed by atoms with van der Waals surface area (Å²) in [5, 5.41) is 2.76. The van der Waals surface area contributed by atoms with Crippen molar-refractivity contribution in [1.82, 2.24) is 10.9 Å². The molecule has 0 aliphatic heterocycles. The molecule has 0 saturated heterocycles. The molecule has 3 aromatic carbocycles. The predicted octanol–water partition coefficient (Wildman–Crippen LogP) is 3.57. The first-order chi connectivity index (χ1) is 16.0. The van der Waals surface area contributed by atoms with Crippen molar-refractivity contribution in [2.75, 3.05) is 11.9 Å². The average molecular weight is 447 g/mol. The van der Waals surface area contributed by atoms with Gasteiger partial charge in [-0.1, -0.05) is 18.2 Å². The van der Waals surface area contributed by atoms with Crippen LogP contribution in [0.1, 0.15) is 34.6 Å². The van der Waals surface area contributed by atoms with Crippen LogP contribution in [0.5, 0.6) is 11.5 Å². The zero-order valence-electron chi connectivity index (χ0n) is 18.3. The van der Waals surface area contributed by atoms with Gasteiger partial charge in [0.2, 0.25) is 0 Å². The summed E-state index contributed by atoms with van der Waals surface area (Å²) in [5.41, 5.74) is 6.08. The maximum Gasteiger partial charge on any atom is 0.279 e. The molecule has 0 radical (unpaired) electrons. The Balaban J connectivity index is 1.47. The Morgan fingerprint density at radius 1 is 0.758 bits per heavy atom. The lowest BCUT2D eigenvalue weighted by molar-refractivity contribution is -0.128. The number of ether oxygens (including phenoxy) is 2. The van der Waals surface area contributed by atoms with Crippen molar-refractivity contribution >= 4 is 23.4 Å². The summed E-state index contributed by atoms with van der Waals surface area (Å²) in [5.74, 6) is -0.0523. The smallest absolute Gasteiger partial charge is 0.279 e. The molecular weight excluding hydrogens is 422 g/mol. The SMILES string of the molecule is CCOc1ccc(OC(C)C(=O)NNC(=O)c2ccc(NC(=O)c3ccccc3)cc2)cc1. The van der Waals surface area contributed by atoms with E-state index in [1.54, 1.807) is 79.7 Å². The van der Waals surface area contributed by atoms with Crippen molar-refractivity contribution in [3.8, 4) is 11.5 Å². The molecule has 0 aliphatic carbocycles. The van der Waals surface area contributed by atoms with Gasteiger partial charge < -0.3 is 14.8 Å². The lowest BCUT2D eigenvalue weighted by atomic mass is 10.1. The van der Waals surface area contributed by atoms with Crippen LogP contribution in [0.3, 0.4) is 0 Å². The summed E-state index contributed by atoms with van der Waals surface area (Å²) in [6.45, 7) is 4.02. The van der Waals surface area contributed by atoms with E-state index in [0.717, 1.165) is 0 Å². The molecule has 3 N–H and O–H groups in total. The van der Waals surface area contributed by atoms with Crippen LogP contribution in [0.15, 0.2) is 78.9 Å². The van der Waals surface area contributed by atoms with Crippen LogP contribution in [-0.2, 0) is 4.79 Å². The van der Waals surface area contributed by atoms with E-state index in [1.165, 1.54) is 0 Å². The van der Waals surface area contributed by atoms with Crippen molar-refractivity contribution in [2.45, 2.75) is 20.0 Å². The van der Waals surface area contributed by atoms with Crippen molar-refractivity contribution < 1.29 is 23.9 Å². The van der Waals surface area contributed by atoms with Crippen molar-refractivity contribution in [3.63, 3.8) is 0 Å². The number of hydrazine groups is 1. The standard InChI is InChI=1S/C25H25N3O5/c1-3-32-21-13-15-22(16-14-21)33-17(2)23(29)27-28-25(31)19-9-11-20(12-10-19)26-24(30)18-7-5-4-6-8-18/h4-17H,3H2,1-2H3,(H,26,30)(H,27,29)(H,28,31). The Labute approximate surface area is 191 Å². The minimum Gasteiger partial charge on any atom is -0.494 e. The summed E-state index contributed by atoms with van der Waals surface area (Å²) in [6, 6.07) is 22.0. The van der Waals surface area contributed by atoms with Gasteiger partial charge in [-0.2, -0.15) is 0 Å². The van der Waals surface area contributed by atoms with Gasteiger partial charge in [-0.3, -0.25) is 25.2 Å². The molecule has 33 heavy (non-hydrogen) atoms. The van der Waals surface area contributed by atoms with Gasteiger partial charge in [0, 0.05) is 16.8 Å². The molecule has 0 bridgehead atoms. The molecule has 3 rings (SSSR count). The number of nitrogens with one attached hydrogen (secondary N) is 3. The van der Waals surface area contributed by atoms with E-state index < -0.39 is 17.9 Å². The predicted molar refractivity (Wildman–Crippen MR) is 124 cm³/mol. The number of amides is 3. The topological polar surface area (TPSA) is 106 Å². The van der Waals surface area contributed by atoms with Crippen LogP contribution in [0.2, 0.25) is 0 Å². The first-order valence-electron chi connectivity index (χ1n) is 10.4. The summed E-state index contributed by atoms with van der Waals surface area (Å²) in [7, 11) is 0. The third-order valence-electron chi connectivity index (χ3n) is 4.56. The number of carbonyl (C=O) groups excluding carboxylic acids is 3. The van der Waals surface area contributed by atoms with E-state index in [0.29, 0.717) is 34.9 Å². The van der Waals surface area contributed by atoms with E-state index in [-0.39, 0.29) is 5.91 Å². The molecule has 0 fully saturated rings. The fourth-order valence-electron chi connectivity index (χ4n) is 2.83. The molecule has 0 heterocycles. The zero-order chi connectivity index (χ0) is 23.6. The van der Waals surface area contributed by atoms with E-state index in [2.05, 4.69) is 16.2 Å². The van der Waals surface area contributed by atoms with Crippen LogP contribution >= 0.6 is 0 Å². The molecule has 1 unspecified atom stereocenters. The highest BCUT2D eigenvalue weighted by atomic mass is 16.5. The highest BCUT2D eigenvalue weighted by molar-refractivity contribution is 6.04. The van der Waals surface area contributed by atoms with Gasteiger partial charge in [0.1, 0.15) is 11.5 Å². The number of hydrogen-bond acceptors (Lipinski definition) is 5. The second-order valence-electron chi connectivity index (χ2n) is 7.01. The molecule has 0 saturated carbocycles. The van der Waals surface area contributed by atoms with Crippen LogP contribution in [-0.4, -0.2) is 30.4 Å². The highest BCUT2D eigenvalue weighted by Crippen LogP contribution is 2.18. The van der Waals surface area contributed by atoms with Gasteiger partial charge in [0.25, 0.3) is 17.7 Å². The molecule has 8 heteroatoms. The first kappa shape index (κ1) is 23.3. The van der Waals surface area contributed by atoms with Crippen LogP contribution in [0, 0.1) is 0 Å². The zero-order valence-corrected chi connectivity index (χ0v) is 18.3. The second-order valence-corrected chi connectivity index (χ2v) is 7.01. The van der Waals surface area contributed by atoms with Gasteiger partial charge in [0.15, 0.2) is 6.10 Å². The van der Waals surface area contributed by atoms with E-state index in [1.807, 2.05) is 13.0 Å². The number of hydrogen-bond donors (Lipinski definition) is 3. The van der Waals surface area contributed by atoms with E-state index >= 15 is 0 Å². The minimum atomic E-state index is -0.834. The highest BCUT2D eigenvalue weighted by Gasteiger charge is 2.16. The Morgan fingerprint density at radius 2 is 1.36 bits per heavy atom.